The molecular weight excluding hydrogens is 154 g/mol. The van der Waals surface area contributed by atoms with Gasteiger partial charge in [0.15, 0.2) is 0 Å². The van der Waals surface area contributed by atoms with Crippen LogP contribution in [0.25, 0.3) is 0 Å². The lowest BCUT2D eigenvalue weighted by molar-refractivity contribution is 0.270. The zero-order valence-electron chi connectivity index (χ0n) is 5.29. The minimum Gasteiger partial charge on any atom is -0.394 e. The molecule has 0 saturated carbocycles. The molecule has 1 rings (SSSR count). The van der Waals surface area contributed by atoms with Crippen molar-refractivity contribution in [3.8, 4) is 0 Å². The van der Waals surface area contributed by atoms with E-state index in [1.54, 1.807) is 0 Å². The predicted octanol–water partition coefficient (Wildman–Crippen LogP) is 0.111. The molecule has 3 N–H and O–H groups in total. The molecule has 10 heavy (non-hydrogen) atoms. The van der Waals surface area contributed by atoms with Crippen LogP contribution in [0.4, 0.5) is 5.82 Å². The number of rotatable bonds is 2. The number of nitrogens with two attached hydrogens (primary N) is 1. The first-order valence-corrected chi connectivity index (χ1v) is 3.21. The molecule has 0 aliphatic heterocycles. The van der Waals surface area contributed by atoms with Gasteiger partial charge in [0.1, 0.15) is 10.8 Å². The SMILES string of the molecule is Nc1c(Cl)cnn1CCO. The first-order valence-electron chi connectivity index (χ1n) is 2.83. The smallest absolute Gasteiger partial charge is 0.140 e. The molecule has 0 aliphatic carbocycles. The van der Waals surface area contributed by atoms with Crippen molar-refractivity contribution in [3.63, 3.8) is 0 Å². The highest BCUT2D eigenvalue weighted by Gasteiger charge is 2.02. The van der Waals surface area contributed by atoms with E-state index in [1.807, 2.05) is 0 Å². The second-order valence-corrected chi connectivity index (χ2v) is 2.23. The van der Waals surface area contributed by atoms with Crippen LogP contribution in [-0.4, -0.2) is 21.5 Å². The van der Waals surface area contributed by atoms with Gasteiger partial charge in [0.25, 0.3) is 0 Å². The van der Waals surface area contributed by atoms with E-state index in [1.165, 1.54) is 10.9 Å². The van der Waals surface area contributed by atoms with Gasteiger partial charge < -0.3 is 10.8 Å². The Morgan fingerprint density at radius 1 is 1.80 bits per heavy atom. The molecule has 1 heterocycles. The van der Waals surface area contributed by atoms with Crippen molar-refractivity contribution in [2.45, 2.75) is 6.54 Å². The molecule has 0 aromatic carbocycles. The lowest BCUT2D eigenvalue weighted by atomic mass is 10.6. The molecule has 1 aromatic heterocycles. The quantitative estimate of drug-likeness (QED) is 0.647. The Labute approximate surface area is 63.2 Å². The molecule has 0 bridgehead atoms. The lowest BCUT2D eigenvalue weighted by Gasteiger charge is -1.98. The van der Waals surface area contributed by atoms with Gasteiger partial charge in [-0.15, -0.1) is 0 Å². The zero-order chi connectivity index (χ0) is 7.56. The molecule has 0 aliphatic rings. The summed E-state index contributed by atoms with van der Waals surface area (Å²) in [6.45, 7) is 0.404. The minimum absolute atomic E-state index is 0.0161. The molecule has 5 heteroatoms. The molecule has 56 valence electrons. The van der Waals surface area contributed by atoms with Gasteiger partial charge in [-0.05, 0) is 0 Å². The third kappa shape index (κ3) is 1.22. The number of aromatic nitrogens is 2. The summed E-state index contributed by atoms with van der Waals surface area (Å²) in [6, 6.07) is 0. The summed E-state index contributed by atoms with van der Waals surface area (Å²) in [5.41, 5.74) is 5.45. The van der Waals surface area contributed by atoms with E-state index in [2.05, 4.69) is 5.10 Å². The van der Waals surface area contributed by atoms with E-state index < -0.39 is 0 Å². The monoisotopic (exact) mass is 161 g/mol. The van der Waals surface area contributed by atoms with Crippen LogP contribution in [0.2, 0.25) is 5.02 Å². The van der Waals surface area contributed by atoms with Gasteiger partial charge in [-0.25, -0.2) is 4.68 Å². The van der Waals surface area contributed by atoms with Crippen molar-refractivity contribution >= 4 is 17.4 Å². The van der Waals surface area contributed by atoms with Crippen molar-refractivity contribution in [1.29, 1.82) is 0 Å². The molecular formula is C5H8ClN3O. The Balaban J connectivity index is 2.83. The van der Waals surface area contributed by atoms with E-state index in [-0.39, 0.29) is 6.61 Å². The fraction of sp³-hybridized carbons (Fsp3) is 0.400. The van der Waals surface area contributed by atoms with Crippen molar-refractivity contribution in [3.05, 3.63) is 11.2 Å². The Hall–Kier alpha value is -0.740. The number of nitrogen functional groups attached to an aromatic ring is 1. The van der Waals surface area contributed by atoms with E-state index in [0.717, 1.165) is 0 Å². The third-order valence-electron chi connectivity index (χ3n) is 1.15. The van der Waals surface area contributed by atoms with Crippen LogP contribution in [0.15, 0.2) is 6.20 Å². The molecule has 0 atom stereocenters. The fourth-order valence-corrected chi connectivity index (χ4v) is 0.786. The highest BCUT2D eigenvalue weighted by Crippen LogP contribution is 2.15. The summed E-state index contributed by atoms with van der Waals surface area (Å²) in [5.74, 6) is 0.399. The van der Waals surface area contributed by atoms with Crippen LogP contribution < -0.4 is 5.73 Å². The van der Waals surface area contributed by atoms with Gasteiger partial charge in [0.2, 0.25) is 0 Å². The van der Waals surface area contributed by atoms with E-state index in [4.69, 9.17) is 22.4 Å². The third-order valence-corrected chi connectivity index (χ3v) is 1.44. The van der Waals surface area contributed by atoms with Gasteiger partial charge in [-0.1, -0.05) is 11.6 Å². The number of hydrogen-bond acceptors (Lipinski definition) is 3. The maximum atomic E-state index is 8.49. The van der Waals surface area contributed by atoms with E-state index >= 15 is 0 Å². The Bertz CT molecular complexity index is 223. The summed E-state index contributed by atoms with van der Waals surface area (Å²) in [4.78, 5) is 0. The largest absolute Gasteiger partial charge is 0.394 e. The standard InChI is InChI=1S/C5H8ClN3O/c6-4-3-8-9(1-2-10)5(4)7/h3,10H,1-2,7H2. The van der Waals surface area contributed by atoms with Crippen molar-refractivity contribution < 1.29 is 5.11 Å². The second kappa shape index (κ2) is 2.90. The summed E-state index contributed by atoms with van der Waals surface area (Å²) in [5, 5.41) is 12.7. The van der Waals surface area contributed by atoms with Gasteiger partial charge in [0.05, 0.1) is 19.3 Å². The van der Waals surface area contributed by atoms with Crippen LogP contribution in [-0.2, 0) is 6.54 Å². The van der Waals surface area contributed by atoms with Crippen LogP contribution >= 0.6 is 11.6 Å². The second-order valence-electron chi connectivity index (χ2n) is 1.82. The fourth-order valence-electron chi connectivity index (χ4n) is 0.645. The number of halogens is 1. The molecule has 0 fully saturated rings. The first kappa shape index (κ1) is 7.37. The Morgan fingerprint density at radius 3 is 2.90 bits per heavy atom. The van der Waals surface area contributed by atoms with E-state index in [0.29, 0.717) is 17.4 Å². The topological polar surface area (TPSA) is 64.1 Å². The summed E-state index contributed by atoms with van der Waals surface area (Å²) < 4.78 is 1.45. The molecule has 0 spiro atoms. The molecule has 0 amide bonds. The normalized spacial score (nSPS) is 10.2. The number of aliphatic hydroxyl groups is 1. The predicted molar refractivity (Wildman–Crippen MR) is 38.7 cm³/mol. The van der Waals surface area contributed by atoms with Gasteiger partial charge in [-0.2, -0.15) is 5.10 Å². The minimum atomic E-state index is 0.0161. The summed E-state index contributed by atoms with van der Waals surface area (Å²) in [7, 11) is 0. The van der Waals surface area contributed by atoms with Gasteiger partial charge in [-0.3, -0.25) is 0 Å². The van der Waals surface area contributed by atoms with Crippen LogP contribution in [0, 0.1) is 0 Å². The van der Waals surface area contributed by atoms with Gasteiger partial charge >= 0.3 is 0 Å². The zero-order valence-corrected chi connectivity index (χ0v) is 6.04. The highest BCUT2D eigenvalue weighted by atomic mass is 35.5. The Morgan fingerprint density at radius 2 is 2.50 bits per heavy atom. The number of nitrogens with zero attached hydrogens (tertiary/aromatic N) is 2. The molecule has 1 aromatic rings. The van der Waals surface area contributed by atoms with Crippen LogP contribution in [0.3, 0.4) is 0 Å². The molecule has 4 nitrogen and oxygen atoms in total. The summed E-state index contributed by atoms with van der Waals surface area (Å²) in [6.07, 6.45) is 1.45. The molecule has 0 saturated heterocycles. The van der Waals surface area contributed by atoms with Gasteiger partial charge in [0, 0.05) is 0 Å². The highest BCUT2D eigenvalue weighted by molar-refractivity contribution is 6.32. The molecule has 0 radical (unpaired) electrons. The maximum Gasteiger partial charge on any atom is 0.140 e. The maximum absolute atomic E-state index is 8.49. The lowest BCUT2D eigenvalue weighted by Crippen LogP contribution is -2.07. The average Bonchev–Trinajstić information content (AvgIpc) is 2.20. The first-order chi connectivity index (χ1) is 4.75. The number of hydrogen-bond donors (Lipinski definition) is 2. The average molecular weight is 162 g/mol. The van der Waals surface area contributed by atoms with Crippen molar-refractivity contribution in [1.82, 2.24) is 9.78 Å². The van der Waals surface area contributed by atoms with Crippen molar-refractivity contribution in [2.75, 3.05) is 12.3 Å². The Kier molecular flexibility index (Phi) is 2.13. The van der Waals surface area contributed by atoms with Crippen molar-refractivity contribution in [2.24, 2.45) is 0 Å². The molecule has 0 unspecified atom stereocenters. The van der Waals surface area contributed by atoms with E-state index in [9.17, 15) is 0 Å². The van der Waals surface area contributed by atoms with Crippen LogP contribution in [0.1, 0.15) is 0 Å². The summed E-state index contributed by atoms with van der Waals surface area (Å²) >= 11 is 5.58. The van der Waals surface area contributed by atoms with Crippen LogP contribution in [0.5, 0.6) is 0 Å². The number of aliphatic hydroxyl groups excluding tert-OH is 1. The number of anilines is 1.